The predicted molar refractivity (Wildman–Crippen MR) is 155 cm³/mol. The van der Waals surface area contributed by atoms with Crippen LogP contribution in [0.4, 0.5) is 16.0 Å². The van der Waals surface area contributed by atoms with Gasteiger partial charge in [0.15, 0.2) is 11.4 Å². The summed E-state index contributed by atoms with van der Waals surface area (Å²) in [7, 11) is 0. The Morgan fingerprint density at radius 2 is 2.02 bits per heavy atom. The molecule has 1 aromatic carbocycles. The van der Waals surface area contributed by atoms with Crippen molar-refractivity contribution in [1.82, 2.24) is 34.6 Å². The van der Waals surface area contributed by atoms with E-state index in [1.165, 1.54) is 6.07 Å². The molecule has 214 valence electrons. The van der Waals surface area contributed by atoms with Crippen LogP contribution in [0.3, 0.4) is 0 Å². The van der Waals surface area contributed by atoms with Crippen molar-refractivity contribution in [2.75, 3.05) is 61.9 Å². The van der Waals surface area contributed by atoms with Gasteiger partial charge >= 0.3 is 0 Å². The molecular formula is C27H30FN9O3S. The fourth-order valence-electron chi connectivity index (χ4n) is 5.05. The summed E-state index contributed by atoms with van der Waals surface area (Å²) in [6.45, 7) is 4.47. The van der Waals surface area contributed by atoms with Crippen molar-refractivity contribution >= 4 is 45.3 Å². The minimum atomic E-state index is -0.999. The zero-order valence-electron chi connectivity index (χ0n) is 22.5. The first-order valence-corrected chi connectivity index (χ1v) is 15.0. The quantitative estimate of drug-likeness (QED) is 0.250. The predicted octanol–water partition coefficient (Wildman–Crippen LogP) is 1.99. The van der Waals surface area contributed by atoms with Gasteiger partial charge in [0, 0.05) is 38.3 Å². The van der Waals surface area contributed by atoms with Crippen molar-refractivity contribution < 1.29 is 18.2 Å². The summed E-state index contributed by atoms with van der Waals surface area (Å²) >= 11 is -0.999. The number of hydrogen-bond donors (Lipinski definition) is 2. The second kappa shape index (κ2) is 11.4. The first-order chi connectivity index (χ1) is 19.9. The van der Waals surface area contributed by atoms with Gasteiger partial charge in [-0.3, -0.25) is 9.69 Å². The molecule has 1 aliphatic heterocycles. The number of amides is 1. The van der Waals surface area contributed by atoms with Gasteiger partial charge in [0.05, 0.1) is 48.4 Å². The second-order valence-electron chi connectivity index (χ2n) is 9.91. The van der Waals surface area contributed by atoms with Gasteiger partial charge in [0.2, 0.25) is 5.95 Å². The molecular weight excluding hydrogens is 549 g/mol. The summed E-state index contributed by atoms with van der Waals surface area (Å²) in [5.74, 6) is 0.470. The Hall–Kier alpha value is -4.14. The lowest BCUT2D eigenvalue weighted by Gasteiger charge is -2.36. The largest absolute Gasteiger partial charge is 0.617 e. The molecule has 1 saturated heterocycles. The summed E-state index contributed by atoms with van der Waals surface area (Å²) in [6, 6.07) is 10.1. The maximum atomic E-state index is 14.9. The van der Waals surface area contributed by atoms with Gasteiger partial charge in [0.25, 0.3) is 5.91 Å². The Balaban J connectivity index is 1.07. The molecule has 0 unspecified atom stereocenters. The molecule has 6 rings (SSSR count). The van der Waals surface area contributed by atoms with E-state index in [4.69, 9.17) is 10.2 Å². The van der Waals surface area contributed by atoms with E-state index in [0.29, 0.717) is 48.2 Å². The monoisotopic (exact) mass is 579 g/mol. The Kier molecular flexibility index (Phi) is 7.51. The van der Waals surface area contributed by atoms with Crippen molar-refractivity contribution in [3.63, 3.8) is 0 Å². The lowest BCUT2D eigenvalue weighted by Crippen LogP contribution is -2.47. The summed E-state index contributed by atoms with van der Waals surface area (Å²) in [5.41, 5.74) is 9.13. The average Bonchev–Trinajstić information content (AvgIpc) is 3.72. The van der Waals surface area contributed by atoms with Gasteiger partial charge in [-0.05, 0) is 36.4 Å². The Labute approximate surface area is 238 Å². The molecule has 0 aliphatic carbocycles. The van der Waals surface area contributed by atoms with Gasteiger partial charge in [-0.2, -0.15) is 19.7 Å². The van der Waals surface area contributed by atoms with Crippen LogP contribution in [0.2, 0.25) is 0 Å². The van der Waals surface area contributed by atoms with Crippen LogP contribution in [0.5, 0.6) is 0 Å². The van der Waals surface area contributed by atoms with E-state index in [0.717, 1.165) is 30.5 Å². The highest BCUT2D eigenvalue weighted by atomic mass is 32.2. The third-order valence-electron chi connectivity index (χ3n) is 7.23. The zero-order chi connectivity index (χ0) is 28.5. The number of piperazine rings is 1. The van der Waals surface area contributed by atoms with Crippen molar-refractivity contribution in [1.29, 1.82) is 0 Å². The highest BCUT2D eigenvalue weighted by molar-refractivity contribution is 7.90. The molecule has 5 aromatic rings. The van der Waals surface area contributed by atoms with Crippen LogP contribution in [0.15, 0.2) is 53.3 Å². The van der Waals surface area contributed by atoms with E-state index in [1.54, 1.807) is 35.4 Å². The number of rotatable bonds is 9. The first-order valence-electron chi connectivity index (χ1n) is 13.3. The van der Waals surface area contributed by atoms with Gasteiger partial charge in [0.1, 0.15) is 17.3 Å². The van der Waals surface area contributed by atoms with Crippen LogP contribution in [-0.4, -0.2) is 91.0 Å². The standard InChI is InChI=1S/C27H30FN9O3S/c1-41(39)14-6-30-26(38)18-4-5-22(20(28)15-18)35-10-7-34(8-11-35)9-12-36-25-19(17-31-36)23-16-21(24-3-2-13-40-24)33-37(23)27(29)32-25/h2-5,13,15-17H,6-12,14H2,1H3,(H2,29,32)(H,30,38)/t41-/m0/s1. The SMILES string of the molecule is C[S@+]([O-])CCNC(=O)c1ccc(N2CCN(CCn3ncc4c3nc(N)n3nc(-c5ccco5)cc43)CC2)c(F)c1. The van der Waals surface area contributed by atoms with Gasteiger partial charge in [-0.25, -0.2) is 9.07 Å². The molecule has 1 aliphatic rings. The summed E-state index contributed by atoms with van der Waals surface area (Å²) in [5, 5.41) is 12.6. The molecule has 1 atom stereocenters. The van der Waals surface area contributed by atoms with Crippen LogP contribution in [0, 0.1) is 5.82 Å². The lowest BCUT2D eigenvalue weighted by molar-refractivity contribution is 0.0955. The van der Waals surface area contributed by atoms with Crippen molar-refractivity contribution in [2.45, 2.75) is 6.54 Å². The third-order valence-corrected chi connectivity index (χ3v) is 8.01. The molecule has 0 saturated carbocycles. The number of halogens is 1. The maximum absolute atomic E-state index is 14.9. The third kappa shape index (κ3) is 5.58. The lowest BCUT2D eigenvalue weighted by atomic mass is 10.1. The summed E-state index contributed by atoms with van der Waals surface area (Å²) in [6.07, 6.45) is 4.95. The van der Waals surface area contributed by atoms with E-state index >= 15 is 0 Å². The van der Waals surface area contributed by atoms with Crippen molar-refractivity contribution in [2.24, 2.45) is 0 Å². The number of nitrogens with zero attached hydrogens (tertiary/aromatic N) is 7. The molecule has 14 heteroatoms. The number of carbonyl (C=O) groups excluding carboxylic acids is 1. The number of fused-ring (bicyclic) bond motifs is 3. The van der Waals surface area contributed by atoms with E-state index < -0.39 is 17.0 Å². The molecule has 0 bridgehead atoms. The summed E-state index contributed by atoms with van der Waals surface area (Å²) in [4.78, 5) is 21.1. The number of nitrogens with two attached hydrogens (primary N) is 1. The molecule has 0 spiro atoms. The van der Waals surface area contributed by atoms with Crippen LogP contribution in [0.1, 0.15) is 10.4 Å². The van der Waals surface area contributed by atoms with Crippen LogP contribution < -0.4 is 16.0 Å². The van der Waals surface area contributed by atoms with Gasteiger partial charge in [-0.15, -0.1) is 0 Å². The smallest absolute Gasteiger partial charge is 0.251 e. The molecule has 0 radical (unpaired) electrons. The Bertz CT molecular complexity index is 1680. The number of nitrogen functional groups attached to an aromatic ring is 1. The van der Waals surface area contributed by atoms with Crippen LogP contribution in [-0.2, 0) is 17.7 Å². The maximum Gasteiger partial charge on any atom is 0.251 e. The number of hydrogen-bond acceptors (Lipinski definition) is 9. The normalized spacial score (nSPS) is 15.1. The van der Waals surface area contributed by atoms with Crippen molar-refractivity contribution in [3.8, 4) is 11.5 Å². The number of aromatic nitrogens is 5. The first kappa shape index (κ1) is 27.1. The fourth-order valence-corrected chi connectivity index (χ4v) is 5.44. The highest BCUT2D eigenvalue weighted by Gasteiger charge is 2.22. The van der Waals surface area contributed by atoms with Crippen LogP contribution in [0.25, 0.3) is 28.0 Å². The van der Waals surface area contributed by atoms with E-state index in [-0.39, 0.29) is 24.0 Å². The number of nitrogens with one attached hydrogen (secondary N) is 1. The number of benzene rings is 1. The molecule has 41 heavy (non-hydrogen) atoms. The molecule has 5 heterocycles. The molecule has 1 amide bonds. The van der Waals surface area contributed by atoms with E-state index in [9.17, 15) is 13.7 Å². The second-order valence-corrected chi connectivity index (χ2v) is 11.5. The summed E-state index contributed by atoms with van der Waals surface area (Å²) < 4.78 is 35.0. The zero-order valence-corrected chi connectivity index (χ0v) is 23.3. The number of carbonyl (C=O) groups is 1. The average molecular weight is 580 g/mol. The Morgan fingerprint density at radius 3 is 2.76 bits per heavy atom. The minimum absolute atomic E-state index is 0.248. The molecule has 3 N–H and O–H groups in total. The highest BCUT2D eigenvalue weighted by Crippen LogP contribution is 2.27. The van der Waals surface area contributed by atoms with Crippen LogP contribution >= 0.6 is 0 Å². The number of anilines is 2. The number of furan rings is 1. The molecule has 1 fully saturated rings. The van der Waals surface area contributed by atoms with E-state index in [2.05, 4.69) is 25.4 Å². The molecule has 12 nitrogen and oxygen atoms in total. The van der Waals surface area contributed by atoms with E-state index in [1.807, 2.05) is 27.8 Å². The fraction of sp³-hybridized carbons (Fsp3) is 0.333. The minimum Gasteiger partial charge on any atom is -0.617 e. The molecule has 4 aromatic heterocycles. The van der Waals surface area contributed by atoms with Gasteiger partial charge in [-0.1, -0.05) is 11.2 Å². The Morgan fingerprint density at radius 1 is 1.20 bits per heavy atom. The topological polar surface area (TPSA) is 146 Å². The van der Waals surface area contributed by atoms with Gasteiger partial charge < -0.3 is 24.9 Å². The van der Waals surface area contributed by atoms with Crippen molar-refractivity contribution in [3.05, 3.63) is 60.2 Å².